The van der Waals surface area contributed by atoms with E-state index >= 15 is 0 Å². The van der Waals surface area contributed by atoms with Crippen molar-refractivity contribution in [3.05, 3.63) is 29.3 Å². The van der Waals surface area contributed by atoms with Crippen LogP contribution in [0.2, 0.25) is 5.02 Å². The van der Waals surface area contributed by atoms with Gasteiger partial charge in [-0.15, -0.1) is 0 Å². The number of amides is 2. The molecule has 1 aliphatic heterocycles. The lowest BCUT2D eigenvalue weighted by Crippen LogP contribution is -2.37. The summed E-state index contributed by atoms with van der Waals surface area (Å²) in [5.74, 6) is 0.637. The van der Waals surface area contributed by atoms with Crippen molar-refractivity contribution in [3.63, 3.8) is 0 Å². The molecular formula is C14H17ClN2O3. The lowest BCUT2D eigenvalue weighted by atomic mass is 10.2. The number of carbonyl (C=O) groups excluding carboxylic acids is 2. The third-order valence-corrected chi connectivity index (χ3v) is 3.37. The van der Waals surface area contributed by atoms with Crippen molar-refractivity contribution >= 4 is 23.4 Å². The molecule has 20 heavy (non-hydrogen) atoms. The molecule has 1 aliphatic rings. The number of carbonyl (C=O) groups is 2. The molecule has 0 spiro atoms. The first kappa shape index (κ1) is 14.7. The van der Waals surface area contributed by atoms with Crippen LogP contribution in [0.1, 0.15) is 12.8 Å². The summed E-state index contributed by atoms with van der Waals surface area (Å²) in [5, 5.41) is 3.48. The normalized spacial score (nSPS) is 18.2. The highest BCUT2D eigenvalue weighted by Crippen LogP contribution is 2.15. The summed E-state index contributed by atoms with van der Waals surface area (Å²) in [4.78, 5) is 24.7. The van der Waals surface area contributed by atoms with Crippen molar-refractivity contribution < 1.29 is 14.3 Å². The predicted molar refractivity (Wildman–Crippen MR) is 75.7 cm³/mol. The van der Waals surface area contributed by atoms with Crippen LogP contribution < -0.4 is 10.1 Å². The minimum absolute atomic E-state index is 0.0627. The van der Waals surface area contributed by atoms with Crippen molar-refractivity contribution in [2.24, 2.45) is 0 Å². The zero-order valence-electron chi connectivity index (χ0n) is 11.3. The van der Waals surface area contributed by atoms with Crippen LogP contribution in [0.3, 0.4) is 0 Å². The first-order valence-corrected chi connectivity index (χ1v) is 6.84. The van der Waals surface area contributed by atoms with Crippen LogP contribution in [-0.2, 0) is 9.59 Å². The van der Waals surface area contributed by atoms with Crippen LogP contribution >= 0.6 is 11.6 Å². The van der Waals surface area contributed by atoms with E-state index < -0.39 is 0 Å². The summed E-state index contributed by atoms with van der Waals surface area (Å²) >= 11 is 5.76. The molecule has 0 bridgehead atoms. The van der Waals surface area contributed by atoms with Gasteiger partial charge in [-0.25, -0.2) is 0 Å². The van der Waals surface area contributed by atoms with E-state index in [-0.39, 0.29) is 24.3 Å². The average Bonchev–Trinajstić information content (AvgIpc) is 2.70. The van der Waals surface area contributed by atoms with Gasteiger partial charge in [-0.3, -0.25) is 9.59 Å². The van der Waals surface area contributed by atoms with Crippen molar-refractivity contribution in [2.45, 2.75) is 18.9 Å². The Morgan fingerprint density at radius 2 is 2.15 bits per heavy atom. The quantitative estimate of drug-likeness (QED) is 0.895. The van der Waals surface area contributed by atoms with Crippen LogP contribution in [0.5, 0.6) is 5.75 Å². The van der Waals surface area contributed by atoms with Crippen LogP contribution in [0.25, 0.3) is 0 Å². The highest BCUT2D eigenvalue weighted by atomic mass is 35.5. The van der Waals surface area contributed by atoms with Gasteiger partial charge in [-0.05, 0) is 24.3 Å². The van der Waals surface area contributed by atoms with Crippen molar-refractivity contribution in [2.75, 3.05) is 20.2 Å². The molecule has 0 radical (unpaired) electrons. The second-order valence-corrected chi connectivity index (χ2v) is 5.23. The zero-order valence-corrected chi connectivity index (χ0v) is 12.0. The second-order valence-electron chi connectivity index (χ2n) is 4.80. The number of ether oxygens (including phenoxy) is 1. The Morgan fingerprint density at radius 1 is 1.45 bits per heavy atom. The summed E-state index contributed by atoms with van der Waals surface area (Å²) < 4.78 is 5.44. The molecule has 1 saturated heterocycles. The molecule has 1 heterocycles. The fourth-order valence-electron chi connectivity index (χ4n) is 2.05. The minimum atomic E-state index is -0.105. The Kier molecular flexibility index (Phi) is 4.84. The van der Waals surface area contributed by atoms with E-state index in [1.807, 2.05) is 0 Å². The maximum atomic E-state index is 11.7. The lowest BCUT2D eigenvalue weighted by molar-refractivity contribution is -0.126. The average molecular weight is 297 g/mol. The smallest absolute Gasteiger partial charge is 0.224 e. The highest BCUT2D eigenvalue weighted by Gasteiger charge is 2.27. The molecular weight excluding hydrogens is 280 g/mol. The fourth-order valence-corrected chi connectivity index (χ4v) is 2.18. The van der Waals surface area contributed by atoms with Gasteiger partial charge in [0.1, 0.15) is 5.75 Å². The molecule has 108 valence electrons. The van der Waals surface area contributed by atoms with Crippen LogP contribution in [-0.4, -0.2) is 43.0 Å². The Balaban J connectivity index is 1.68. The number of nitrogens with zero attached hydrogens (tertiary/aromatic N) is 1. The molecule has 0 aromatic heterocycles. The van der Waals surface area contributed by atoms with Gasteiger partial charge >= 0.3 is 0 Å². The van der Waals surface area contributed by atoms with Gasteiger partial charge in [-0.1, -0.05) is 11.6 Å². The first-order chi connectivity index (χ1) is 9.54. The molecule has 0 aliphatic carbocycles. The van der Waals surface area contributed by atoms with Crippen LogP contribution in [0.15, 0.2) is 24.3 Å². The third kappa shape index (κ3) is 4.13. The molecule has 0 unspecified atom stereocenters. The zero-order chi connectivity index (χ0) is 14.5. The molecule has 6 heteroatoms. The molecule has 1 aromatic carbocycles. The highest BCUT2D eigenvalue weighted by molar-refractivity contribution is 6.30. The number of halogens is 1. The SMILES string of the molecule is CN1C[C@@H](NC(=O)CCOc2ccc(Cl)cc2)CC1=O. The molecule has 1 N–H and O–H groups in total. The Bertz CT molecular complexity index is 490. The molecule has 2 rings (SSSR count). The Morgan fingerprint density at radius 3 is 2.75 bits per heavy atom. The number of benzene rings is 1. The largest absolute Gasteiger partial charge is 0.493 e. The van der Waals surface area contributed by atoms with Crippen molar-refractivity contribution in [3.8, 4) is 5.75 Å². The van der Waals surface area contributed by atoms with Gasteiger partial charge in [0.2, 0.25) is 11.8 Å². The summed E-state index contributed by atoms with van der Waals surface area (Å²) in [7, 11) is 1.73. The van der Waals surface area contributed by atoms with E-state index in [1.165, 1.54) is 0 Å². The van der Waals surface area contributed by atoms with E-state index in [2.05, 4.69) is 5.32 Å². The fraction of sp³-hybridized carbons (Fsp3) is 0.429. The van der Waals surface area contributed by atoms with E-state index in [1.54, 1.807) is 36.2 Å². The van der Waals surface area contributed by atoms with Crippen LogP contribution in [0, 0.1) is 0 Å². The van der Waals surface area contributed by atoms with Gasteiger partial charge in [0.25, 0.3) is 0 Å². The van der Waals surface area contributed by atoms with E-state index in [9.17, 15) is 9.59 Å². The van der Waals surface area contributed by atoms with Crippen molar-refractivity contribution in [1.82, 2.24) is 10.2 Å². The van der Waals surface area contributed by atoms with Gasteiger partial charge in [0.15, 0.2) is 0 Å². The van der Waals surface area contributed by atoms with Gasteiger partial charge in [-0.2, -0.15) is 0 Å². The predicted octanol–water partition coefficient (Wildman–Crippen LogP) is 1.46. The molecule has 2 amide bonds. The summed E-state index contributed by atoms with van der Waals surface area (Å²) in [6.07, 6.45) is 0.636. The number of rotatable bonds is 5. The topological polar surface area (TPSA) is 58.6 Å². The standard InChI is InChI=1S/C14H17ClN2O3/c1-17-9-11(8-14(17)19)16-13(18)6-7-20-12-4-2-10(15)3-5-12/h2-5,11H,6-9H2,1H3,(H,16,18)/t11-/m0/s1. The maximum Gasteiger partial charge on any atom is 0.224 e. The molecule has 1 atom stereocenters. The summed E-state index contributed by atoms with van der Waals surface area (Å²) in [6, 6.07) is 6.89. The van der Waals surface area contributed by atoms with Crippen molar-refractivity contribution in [1.29, 1.82) is 0 Å². The van der Waals surface area contributed by atoms with E-state index in [0.717, 1.165) is 0 Å². The molecule has 1 fully saturated rings. The number of hydrogen-bond acceptors (Lipinski definition) is 3. The minimum Gasteiger partial charge on any atom is -0.493 e. The molecule has 5 nitrogen and oxygen atoms in total. The van der Waals surface area contributed by atoms with Gasteiger partial charge in [0, 0.05) is 25.0 Å². The van der Waals surface area contributed by atoms with Gasteiger partial charge < -0.3 is 15.0 Å². The lowest BCUT2D eigenvalue weighted by Gasteiger charge is -2.12. The first-order valence-electron chi connectivity index (χ1n) is 6.46. The Labute approximate surface area is 122 Å². The van der Waals surface area contributed by atoms with Gasteiger partial charge in [0.05, 0.1) is 19.1 Å². The van der Waals surface area contributed by atoms with Crippen LogP contribution in [0.4, 0.5) is 0 Å². The number of likely N-dealkylation sites (tertiary alicyclic amines) is 1. The number of nitrogens with one attached hydrogen (secondary N) is 1. The molecule has 0 saturated carbocycles. The Hall–Kier alpha value is -1.75. The summed E-state index contributed by atoms with van der Waals surface area (Å²) in [5.41, 5.74) is 0. The molecule has 1 aromatic rings. The summed E-state index contributed by atoms with van der Waals surface area (Å²) in [6.45, 7) is 0.868. The third-order valence-electron chi connectivity index (χ3n) is 3.12. The number of likely N-dealkylation sites (N-methyl/N-ethyl adjacent to an activating group) is 1. The number of hydrogen-bond donors (Lipinski definition) is 1. The maximum absolute atomic E-state index is 11.7. The second kappa shape index (κ2) is 6.61. The monoisotopic (exact) mass is 296 g/mol. The van der Waals surface area contributed by atoms with E-state index in [4.69, 9.17) is 16.3 Å². The van der Waals surface area contributed by atoms with E-state index in [0.29, 0.717) is 30.3 Å².